The van der Waals surface area contributed by atoms with Gasteiger partial charge in [-0.25, -0.2) is 8.42 Å². The maximum absolute atomic E-state index is 13.7. The van der Waals surface area contributed by atoms with E-state index in [9.17, 15) is 8.42 Å². The molecule has 2 aromatic rings. The Hall–Kier alpha value is -1.65. The van der Waals surface area contributed by atoms with Gasteiger partial charge < -0.3 is 0 Å². The van der Waals surface area contributed by atoms with Gasteiger partial charge in [-0.3, -0.25) is 0 Å². The maximum Gasteiger partial charge on any atom is 0.243 e. The average molecular weight is 398 g/mol. The van der Waals surface area contributed by atoms with Crippen LogP contribution in [0.25, 0.3) is 0 Å². The van der Waals surface area contributed by atoms with E-state index in [4.69, 9.17) is 0 Å². The molecule has 4 heteroatoms. The van der Waals surface area contributed by atoms with Crippen LogP contribution in [-0.4, -0.2) is 24.8 Å². The number of hydrogen-bond acceptors (Lipinski definition) is 2. The van der Waals surface area contributed by atoms with Crippen LogP contribution < -0.4 is 0 Å². The molecule has 1 aliphatic carbocycles. The fraction of sp³-hybridized carbons (Fsp3) is 0.500. The van der Waals surface area contributed by atoms with Crippen molar-refractivity contribution < 1.29 is 8.42 Å². The van der Waals surface area contributed by atoms with Gasteiger partial charge in [0.2, 0.25) is 10.0 Å². The molecule has 0 radical (unpaired) electrons. The Labute approximate surface area is 169 Å². The van der Waals surface area contributed by atoms with Crippen molar-refractivity contribution in [2.75, 3.05) is 0 Å². The minimum Gasteiger partial charge on any atom is -0.207 e. The van der Waals surface area contributed by atoms with Crippen LogP contribution in [-0.2, 0) is 16.4 Å². The van der Waals surface area contributed by atoms with Gasteiger partial charge in [0.15, 0.2) is 0 Å². The second-order valence-electron chi connectivity index (χ2n) is 8.53. The average Bonchev–Trinajstić information content (AvgIpc) is 3.14. The SMILES string of the molecule is Cc1ccc(S(=O)(=O)N2C(Cc3ccccc3)CCC2C2CCCCC2)cc1. The van der Waals surface area contributed by atoms with E-state index in [-0.39, 0.29) is 12.1 Å². The van der Waals surface area contributed by atoms with Gasteiger partial charge in [-0.1, -0.05) is 67.3 Å². The number of hydrogen-bond donors (Lipinski definition) is 0. The summed E-state index contributed by atoms with van der Waals surface area (Å²) in [5.41, 5.74) is 2.31. The zero-order chi connectivity index (χ0) is 19.6. The van der Waals surface area contributed by atoms with E-state index in [0.29, 0.717) is 10.8 Å². The fourth-order valence-corrected chi connectivity index (χ4v) is 7.07. The molecule has 2 unspecified atom stereocenters. The van der Waals surface area contributed by atoms with Crippen LogP contribution in [0.1, 0.15) is 56.1 Å². The second-order valence-corrected chi connectivity index (χ2v) is 10.4. The Balaban J connectivity index is 1.67. The molecule has 0 spiro atoms. The molecule has 0 N–H and O–H groups in total. The molecule has 0 aromatic heterocycles. The summed E-state index contributed by atoms with van der Waals surface area (Å²) in [6, 6.07) is 17.9. The summed E-state index contributed by atoms with van der Waals surface area (Å²) < 4.78 is 29.4. The van der Waals surface area contributed by atoms with E-state index in [2.05, 4.69) is 12.1 Å². The van der Waals surface area contributed by atoms with Gasteiger partial charge >= 0.3 is 0 Å². The standard InChI is InChI=1S/C24H31NO2S/c1-19-12-15-23(16-13-19)28(26,27)25-22(18-20-8-4-2-5-9-20)14-17-24(25)21-10-6-3-7-11-21/h2,4-5,8-9,12-13,15-16,21-22,24H,3,6-7,10-11,14,17-18H2,1H3. The van der Waals surface area contributed by atoms with Crippen LogP contribution in [0.5, 0.6) is 0 Å². The normalized spacial score (nSPS) is 24.5. The fourth-order valence-electron chi connectivity index (χ4n) is 5.14. The lowest BCUT2D eigenvalue weighted by Gasteiger charge is -2.36. The van der Waals surface area contributed by atoms with Gasteiger partial charge in [0.1, 0.15) is 0 Å². The summed E-state index contributed by atoms with van der Waals surface area (Å²) in [6.45, 7) is 2.00. The molecule has 0 amide bonds. The van der Waals surface area contributed by atoms with Gasteiger partial charge in [0, 0.05) is 12.1 Å². The highest BCUT2D eigenvalue weighted by atomic mass is 32.2. The van der Waals surface area contributed by atoms with Crippen molar-refractivity contribution in [2.24, 2.45) is 5.92 Å². The van der Waals surface area contributed by atoms with Crippen LogP contribution in [0.15, 0.2) is 59.5 Å². The first-order chi connectivity index (χ1) is 13.6. The molecular formula is C24H31NO2S. The van der Waals surface area contributed by atoms with E-state index >= 15 is 0 Å². The van der Waals surface area contributed by atoms with Crippen LogP contribution in [0.4, 0.5) is 0 Å². The first-order valence-corrected chi connectivity index (χ1v) is 12.1. The number of aryl methyl sites for hydroxylation is 1. The smallest absolute Gasteiger partial charge is 0.207 e. The molecule has 1 aliphatic heterocycles. The molecule has 150 valence electrons. The summed E-state index contributed by atoms with van der Waals surface area (Å²) >= 11 is 0. The highest BCUT2D eigenvalue weighted by molar-refractivity contribution is 7.89. The third-order valence-electron chi connectivity index (χ3n) is 6.59. The maximum atomic E-state index is 13.7. The molecule has 2 aromatic carbocycles. The molecule has 1 heterocycles. The molecule has 3 nitrogen and oxygen atoms in total. The van der Waals surface area contributed by atoms with Gasteiger partial charge in [-0.15, -0.1) is 0 Å². The zero-order valence-corrected chi connectivity index (χ0v) is 17.6. The first kappa shape index (κ1) is 19.7. The highest BCUT2D eigenvalue weighted by Gasteiger charge is 2.45. The summed E-state index contributed by atoms with van der Waals surface area (Å²) in [7, 11) is -3.49. The monoisotopic (exact) mass is 397 g/mol. The van der Waals surface area contributed by atoms with Crippen LogP contribution in [0, 0.1) is 12.8 Å². The van der Waals surface area contributed by atoms with E-state index < -0.39 is 10.0 Å². The van der Waals surface area contributed by atoms with Gasteiger partial charge in [-0.05, 0) is 62.6 Å². The Morgan fingerprint density at radius 3 is 2.21 bits per heavy atom. The molecule has 4 rings (SSSR count). The summed E-state index contributed by atoms with van der Waals surface area (Å²) in [5, 5.41) is 0. The number of nitrogens with zero attached hydrogens (tertiary/aromatic N) is 1. The van der Waals surface area contributed by atoms with E-state index in [0.717, 1.165) is 24.8 Å². The van der Waals surface area contributed by atoms with Crippen LogP contribution in [0.3, 0.4) is 0 Å². The van der Waals surface area contributed by atoms with Crippen molar-refractivity contribution in [1.82, 2.24) is 4.31 Å². The molecule has 0 bridgehead atoms. The Bertz CT molecular complexity index is 871. The Morgan fingerprint density at radius 1 is 0.857 bits per heavy atom. The number of benzene rings is 2. The van der Waals surface area contributed by atoms with E-state index in [1.165, 1.54) is 37.7 Å². The van der Waals surface area contributed by atoms with Gasteiger partial charge in [-0.2, -0.15) is 4.31 Å². The molecule has 2 aliphatic rings. The lowest BCUT2D eigenvalue weighted by atomic mass is 9.83. The quantitative estimate of drug-likeness (QED) is 0.683. The summed E-state index contributed by atoms with van der Waals surface area (Å²) in [5.74, 6) is 0.509. The predicted octanol–water partition coefficient (Wildman–Crippen LogP) is 5.34. The Morgan fingerprint density at radius 2 is 1.54 bits per heavy atom. The highest BCUT2D eigenvalue weighted by Crippen LogP contribution is 2.40. The minimum atomic E-state index is -3.49. The van der Waals surface area contributed by atoms with Gasteiger partial charge in [0.05, 0.1) is 4.90 Å². The molecule has 28 heavy (non-hydrogen) atoms. The van der Waals surface area contributed by atoms with Crippen molar-refractivity contribution in [3.8, 4) is 0 Å². The number of rotatable bonds is 5. The Kier molecular flexibility index (Phi) is 5.88. The van der Waals surface area contributed by atoms with Crippen molar-refractivity contribution in [1.29, 1.82) is 0 Å². The van der Waals surface area contributed by atoms with Crippen molar-refractivity contribution in [3.63, 3.8) is 0 Å². The third-order valence-corrected chi connectivity index (χ3v) is 8.58. The molecule has 1 saturated carbocycles. The molecule has 2 atom stereocenters. The lowest BCUT2D eigenvalue weighted by molar-refractivity contribution is 0.204. The van der Waals surface area contributed by atoms with Crippen LogP contribution >= 0.6 is 0 Å². The van der Waals surface area contributed by atoms with Gasteiger partial charge in [0.25, 0.3) is 0 Å². The second kappa shape index (κ2) is 8.38. The van der Waals surface area contributed by atoms with Crippen molar-refractivity contribution in [3.05, 3.63) is 65.7 Å². The van der Waals surface area contributed by atoms with E-state index in [1.807, 2.05) is 41.6 Å². The zero-order valence-electron chi connectivity index (χ0n) is 16.8. The largest absolute Gasteiger partial charge is 0.243 e. The molecule has 2 fully saturated rings. The summed E-state index contributed by atoms with van der Waals surface area (Å²) in [4.78, 5) is 0.443. The topological polar surface area (TPSA) is 37.4 Å². The van der Waals surface area contributed by atoms with Crippen molar-refractivity contribution in [2.45, 2.75) is 75.3 Å². The lowest BCUT2D eigenvalue weighted by Crippen LogP contribution is -2.45. The van der Waals surface area contributed by atoms with Crippen LogP contribution in [0.2, 0.25) is 0 Å². The molecular weight excluding hydrogens is 366 g/mol. The first-order valence-electron chi connectivity index (χ1n) is 10.7. The number of sulfonamides is 1. The third kappa shape index (κ3) is 4.04. The molecule has 1 saturated heterocycles. The predicted molar refractivity (Wildman–Crippen MR) is 114 cm³/mol. The minimum absolute atomic E-state index is 0.0561. The summed E-state index contributed by atoms with van der Waals surface area (Å²) in [6.07, 6.45) is 8.86. The van der Waals surface area contributed by atoms with E-state index in [1.54, 1.807) is 12.1 Å². The van der Waals surface area contributed by atoms with Crippen molar-refractivity contribution >= 4 is 10.0 Å².